The van der Waals surface area contributed by atoms with Gasteiger partial charge >= 0.3 is 6.18 Å². The highest BCUT2D eigenvalue weighted by Crippen LogP contribution is 2.31. The Hall–Kier alpha value is -2.30. The molecular weight excluding hydrogens is 281 g/mol. The van der Waals surface area contributed by atoms with Crippen LogP contribution in [0.1, 0.15) is 28.4 Å². The number of ether oxygens (including phenoxy) is 1. The molecule has 0 saturated heterocycles. The summed E-state index contributed by atoms with van der Waals surface area (Å²) in [6.45, 7) is 1.93. The van der Waals surface area contributed by atoms with E-state index < -0.39 is 11.7 Å². The van der Waals surface area contributed by atoms with Crippen molar-refractivity contribution in [1.82, 2.24) is 0 Å². The molecule has 2 aromatic carbocycles. The van der Waals surface area contributed by atoms with E-state index in [1.807, 2.05) is 6.92 Å². The first-order valence-electron chi connectivity index (χ1n) is 6.37. The third kappa shape index (κ3) is 3.62. The van der Waals surface area contributed by atoms with Gasteiger partial charge in [-0.2, -0.15) is 13.2 Å². The van der Waals surface area contributed by atoms with Gasteiger partial charge in [0.25, 0.3) is 0 Å². The van der Waals surface area contributed by atoms with E-state index in [2.05, 4.69) is 0 Å². The van der Waals surface area contributed by atoms with Crippen LogP contribution in [0.15, 0.2) is 42.5 Å². The van der Waals surface area contributed by atoms with Crippen LogP contribution in [0, 0.1) is 0 Å². The first kappa shape index (κ1) is 15.1. The lowest BCUT2D eigenvalue weighted by atomic mass is 10.1. The minimum Gasteiger partial charge on any atom is -0.457 e. The van der Waals surface area contributed by atoms with Gasteiger partial charge in [-0.25, -0.2) is 0 Å². The minimum atomic E-state index is -4.37. The van der Waals surface area contributed by atoms with Gasteiger partial charge in [0.1, 0.15) is 17.8 Å². The Morgan fingerprint density at radius 1 is 1.05 bits per heavy atom. The normalized spacial score (nSPS) is 11.2. The second-order valence-electron chi connectivity index (χ2n) is 4.46. The second kappa shape index (κ2) is 5.99. The summed E-state index contributed by atoms with van der Waals surface area (Å²) in [5, 5.41) is 0. The number of rotatable bonds is 4. The molecule has 0 atom stereocenters. The van der Waals surface area contributed by atoms with E-state index in [9.17, 15) is 18.0 Å². The van der Waals surface area contributed by atoms with Crippen LogP contribution in [-0.2, 0) is 12.6 Å². The number of alkyl halides is 3. The highest BCUT2D eigenvalue weighted by Gasteiger charge is 2.30. The molecule has 110 valence electrons. The Labute approximate surface area is 120 Å². The van der Waals surface area contributed by atoms with E-state index in [0.717, 1.165) is 24.0 Å². The molecule has 21 heavy (non-hydrogen) atoms. The maximum absolute atomic E-state index is 12.4. The number of carbonyl (C=O) groups excluding carboxylic acids is 1. The van der Waals surface area contributed by atoms with E-state index >= 15 is 0 Å². The van der Waals surface area contributed by atoms with Crippen molar-refractivity contribution in [3.63, 3.8) is 0 Å². The molecule has 2 nitrogen and oxygen atoms in total. The third-order valence-electron chi connectivity index (χ3n) is 3.04. The molecule has 0 N–H and O–H groups in total. The Morgan fingerprint density at radius 3 is 2.19 bits per heavy atom. The van der Waals surface area contributed by atoms with Gasteiger partial charge in [-0.05, 0) is 48.4 Å². The Kier molecular flexibility index (Phi) is 4.31. The van der Waals surface area contributed by atoms with Crippen LogP contribution < -0.4 is 4.74 Å². The maximum Gasteiger partial charge on any atom is 0.416 e. The van der Waals surface area contributed by atoms with Crippen LogP contribution in [0.2, 0.25) is 0 Å². The van der Waals surface area contributed by atoms with Crippen molar-refractivity contribution in [1.29, 1.82) is 0 Å². The summed E-state index contributed by atoms with van der Waals surface area (Å²) in [5.41, 5.74) is 0.677. The van der Waals surface area contributed by atoms with Crippen LogP contribution in [0.4, 0.5) is 13.2 Å². The van der Waals surface area contributed by atoms with Crippen molar-refractivity contribution in [2.75, 3.05) is 0 Å². The van der Waals surface area contributed by atoms with E-state index in [4.69, 9.17) is 4.74 Å². The van der Waals surface area contributed by atoms with Crippen LogP contribution in [0.3, 0.4) is 0 Å². The number of hydrogen-bond acceptors (Lipinski definition) is 2. The topological polar surface area (TPSA) is 26.3 Å². The van der Waals surface area contributed by atoms with Crippen molar-refractivity contribution in [3.05, 3.63) is 59.2 Å². The molecule has 0 aliphatic heterocycles. The third-order valence-corrected chi connectivity index (χ3v) is 3.04. The molecule has 0 spiro atoms. The average molecular weight is 294 g/mol. The zero-order valence-corrected chi connectivity index (χ0v) is 11.3. The zero-order valence-electron chi connectivity index (χ0n) is 11.3. The van der Waals surface area contributed by atoms with E-state index in [1.165, 1.54) is 12.1 Å². The van der Waals surface area contributed by atoms with Crippen molar-refractivity contribution in [2.24, 2.45) is 0 Å². The van der Waals surface area contributed by atoms with Crippen molar-refractivity contribution < 1.29 is 22.7 Å². The fourth-order valence-corrected chi connectivity index (χ4v) is 1.92. The highest BCUT2D eigenvalue weighted by molar-refractivity contribution is 5.78. The molecule has 0 amide bonds. The molecule has 2 rings (SSSR count). The summed E-state index contributed by atoms with van der Waals surface area (Å²) in [7, 11) is 0. The minimum absolute atomic E-state index is 0.282. The molecule has 0 aromatic heterocycles. The van der Waals surface area contributed by atoms with Gasteiger partial charge in [0, 0.05) is 5.56 Å². The monoisotopic (exact) mass is 294 g/mol. The molecule has 5 heteroatoms. The fourth-order valence-electron chi connectivity index (χ4n) is 1.92. The smallest absolute Gasteiger partial charge is 0.416 e. The van der Waals surface area contributed by atoms with Gasteiger partial charge < -0.3 is 4.74 Å². The van der Waals surface area contributed by atoms with Gasteiger partial charge in [-0.15, -0.1) is 0 Å². The molecular formula is C16H13F3O2. The van der Waals surface area contributed by atoms with E-state index in [1.54, 1.807) is 18.2 Å². The van der Waals surface area contributed by atoms with E-state index in [0.29, 0.717) is 17.7 Å². The molecule has 0 aliphatic rings. The van der Waals surface area contributed by atoms with E-state index in [-0.39, 0.29) is 5.75 Å². The van der Waals surface area contributed by atoms with Gasteiger partial charge in [-0.1, -0.05) is 13.0 Å². The summed E-state index contributed by atoms with van der Waals surface area (Å²) in [4.78, 5) is 11.0. The van der Waals surface area contributed by atoms with Crippen molar-refractivity contribution in [2.45, 2.75) is 19.5 Å². The number of aldehydes is 1. The SMILES string of the molecule is CCc1ccc(Oc2ccc(C(F)(F)F)cc2)cc1C=O. The lowest BCUT2D eigenvalue weighted by Crippen LogP contribution is -2.04. The standard InChI is InChI=1S/C16H13F3O2/c1-2-11-3-6-15(9-12(11)10-20)21-14-7-4-13(5-8-14)16(17,18)19/h3-10H,2H2,1H3. The predicted molar refractivity (Wildman–Crippen MR) is 72.7 cm³/mol. The van der Waals surface area contributed by atoms with Crippen LogP contribution >= 0.6 is 0 Å². The first-order valence-corrected chi connectivity index (χ1v) is 6.37. The molecule has 2 aromatic rings. The Morgan fingerprint density at radius 2 is 1.67 bits per heavy atom. The van der Waals surface area contributed by atoms with Crippen molar-refractivity contribution in [3.8, 4) is 11.5 Å². The van der Waals surface area contributed by atoms with Crippen molar-refractivity contribution >= 4 is 6.29 Å². The van der Waals surface area contributed by atoms with Gasteiger partial charge in [-0.3, -0.25) is 4.79 Å². The van der Waals surface area contributed by atoms with Gasteiger partial charge in [0.2, 0.25) is 0 Å². The Bertz CT molecular complexity index is 631. The molecule has 0 fully saturated rings. The summed E-state index contributed by atoms with van der Waals surface area (Å²) in [6.07, 6.45) is -2.92. The number of carbonyl (C=O) groups is 1. The predicted octanol–water partition coefficient (Wildman–Crippen LogP) is 4.87. The van der Waals surface area contributed by atoms with Crippen LogP contribution in [0.5, 0.6) is 11.5 Å². The largest absolute Gasteiger partial charge is 0.457 e. The second-order valence-corrected chi connectivity index (χ2v) is 4.46. The first-order chi connectivity index (χ1) is 9.94. The Balaban J connectivity index is 2.20. The molecule has 0 saturated carbocycles. The van der Waals surface area contributed by atoms with Gasteiger partial charge in [0.15, 0.2) is 0 Å². The molecule has 0 bridgehead atoms. The highest BCUT2D eigenvalue weighted by atomic mass is 19.4. The number of halogens is 3. The molecule has 0 unspecified atom stereocenters. The average Bonchev–Trinajstić information content (AvgIpc) is 2.46. The van der Waals surface area contributed by atoms with Crippen LogP contribution in [-0.4, -0.2) is 6.29 Å². The summed E-state index contributed by atoms with van der Waals surface area (Å²) in [6, 6.07) is 9.43. The van der Waals surface area contributed by atoms with Gasteiger partial charge in [0.05, 0.1) is 5.56 Å². The quantitative estimate of drug-likeness (QED) is 0.752. The summed E-state index contributed by atoms with van der Waals surface area (Å²) < 4.78 is 42.8. The summed E-state index contributed by atoms with van der Waals surface area (Å²) >= 11 is 0. The lowest BCUT2D eigenvalue weighted by Gasteiger charge is -2.10. The fraction of sp³-hybridized carbons (Fsp3) is 0.188. The maximum atomic E-state index is 12.4. The number of aryl methyl sites for hydroxylation is 1. The molecule has 0 heterocycles. The molecule has 0 radical (unpaired) electrons. The lowest BCUT2D eigenvalue weighted by molar-refractivity contribution is -0.137. The number of benzene rings is 2. The number of hydrogen-bond donors (Lipinski definition) is 0. The zero-order chi connectivity index (χ0) is 15.5. The molecule has 0 aliphatic carbocycles. The van der Waals surface area contributed by atoms with Crippen LogP contribution in [0.25, 0.3) is 0 Å². The summed E-state index contributed by atoms with van der Waals surface area (Å²) in [5.74, 6) is 0.693.